The molecular formula is C21H32N4O4. The standard InChI is InChI=1S/C21H32N4O4/c1-21(2,3)29-20(27)25-14-12-24(13-15-25)19(26)28-18-8-10-23(11-9-18)17-6-4-16(22)5-7-17/h4-7,18H,8-15,22H2,1-3H3. The number of carbonyl (C=O) groups excluding carboxylic acids is 2. The van der Waals surface area contributed by atoms with E-state index in [-0.39, 0.29) is 18.3 Å². The van der Waals surface area contributed by atoms with Gasteiger partial charge < -0.3 is 29.9 Å². The third kappa shape index (κ3) is 5.92. The average Bonchev–Trinajstić information content (AvgIpc) is 2.68. The number of piperazine rings is 1. The van der Waals surface area contributed by atoms with Gasteiger partial charge in [0.25, 0.3) is 0 Å². The van der Waals surface area contributed by atoms with E-state index in [1.54, 1.807) is 9.80 Å². The first-order valence-electron chi connectivity index (χ1n) is 10.3. The number of anilines is 2. The third-order valence-electron chi connectivity index (χ3n) is 5.16. The van der Waals surface area contributed by atoms with Gasteiger partial charge in [0.05, 0.1) is 0 Å². The highest BCUT2D eigenvalue weighted by Gasteiger charge is 2.30. The number of nitrogens with zero attached hydrogens (tertiary/aromatic N) is 3. The van der Waals surface area contributed by atoms with Crippen molar-refractivity contribution < 1.29 is 19.1 Å². The highest BCUT2D eigenvalue weighted by atomic mass is 16.6. The highest BCUT2D eigenvalue weighted by molar-refractivity contribution is 5.70. The van der Waals surface area contributed by atoms with Gasteiger partial charge in [0.15, 0.2) is 0 Å². The molecule has 8 nitrogen and oxygen atoms in total. The Kier molecular flexibility index (Phi) is 6.39. The zero-order valence-electron chi connectivity index (χ0n) is 17.6. The van der Waals surface area contributed by atoms with Crippen LogP contribution >= 0.6 is 0 Å². The Hall–Kier alpha value is -2.64. The first-order chi connectivity index (χ1) is 13.7. The number of nitrogens with two attached hydrogens (primary N) is 1. The van der Waals surface area contributed by atoms with Crippen molar-refractivity contribution in [3.63, 3.8) is 0 Å². The van der Waals surface area contributed by atoms with Crippen molar-refractivity contribution in [2.75, 3.05) is 49.9 Å². The first-order valence-corrected chi connectivity index (χ1v) is 10.3. The lowest BCUT2D eigenvalue weighted by atomic mass is 10.1. The van der Waals surface area contributed by atoms with Crippen molar-refractivity contribution in [2.45, 2.75) is 45.3 Å². The van der Waals surface area contributed by atoms with E-state index in [4.69, 9.17) is 15.2 Å². The van der Waals surface area contributed by atoms with Crippen LogP contribution in [-0.4, -0.2) is 73.0 Å². The van der Waals surface area contributed by atoms with Crippen molar-refractivity contribution in [1.29, 1.82) is 0 Å². The second kappa shape index (κ2) is 8.80. The van der Waals surface area contributed by atoms with Crippen LogP contribution in [0.1, 0.15) is 33.6 Å². The molecular weight excluding hydrogens is 372 g/mol. The molecule has 2 heterocycles. The van der Waals surface area contributed by atoms with Gasteiger partial charge in [-0.25, -0.2) is 9.59 Å². The Balaban J connectivity index is 1.40. The number of hydrogen-bond acceptors (Lipinski definition) is 6. The number of carbonyl (C=O) groups is 2. The summed E-state index contributed by atoms with van der Waals surface area (Å²) in [6.45, 7) is 9.05. The molecule has 2 aliphatic rings. The molecule has 160 valence electrons. The minimum atomic E-state index is -0.519. The van der Waals surface area contributed by atoms with Gasteiger partial charge in [-0.2, -0.15) is 0 Å². The second-order valence-electron chi connectivity index (χ2n) is 8.62. The van der Waals surface area contributed by atoms with Crippen LogP contribution in [0.4, 0.5) is 21.0 Å². The van der Waals surface area contributed by atoms with E-state index in [1.165, 1.54) is 0 Å². The summed E-state index contributed by atoms with van der Waals surface area (Å²) in [6, 6.07) is 7.84. The number of ether oxygens (including phenoxy) is 2. The zero-order valence-corrected chi connectivity index (χ0v) is 17.6. The molecule has 1 aromatic rings. The van der Waals surface area contributed by atoms with E-state index in [1.807, 2.05) is 45.0 Å². The molecule has 0 aliphatic carbocycles. The smallest absolute Gasteiger partial charge is 0.410 e. The minimum Gasteiger partial charge on any atom is -0.446 e. The van der Waals surface area contributed by atoms with Crippen molar-refractivity contribution in [1.82, 2.24) is 9.80 Å². The van der Waals surface area contributed by atoms with Crippen LogP contribution in [0.15, 0.2) is 24.3 Å². The molecule has 0 bridgehead atoms. The fraction of sp³-hybridized carbons (Fsp3) is 0.619. The lowest BCUT2D eigenvalue weighted by Gasteiger charge is -2.37. The number of hydrogen-bond donors (Lipinski definition) is 1. The molecule has 2 fully saturated rings. The van der Waals surface area contributed by atoms with Crippen LogP contribution in [0.2, 0.25) is 0 Å². The molecule has 2 aliphatic heterocycles. The van der Waals surface area contributed by atoms with Gasteiger partial charge in [-0.1, -0.05) is 0 Å². The van der Waals surface area contributed by atoms with Crippen LogP contribution in [-0.2, 0) is 9.47 Å². The maximum Gasteiger partial charge on any atom is 0.410 e. The Morgan fingerprint density at radius 2 is 1.41 bits per heavy atom. The zero-order chi connectivity index (χ0) is 21.0. The lowest BCUT2D eigenvalue weighted by molar-refractivity contribution is 0.00762. The third-order valence-corrected chi connectivity index (χ3v) is 5.16. The van der Waals surface area contributed by atoms with Gasteiger partial charge in [0.1, 0.15) is 11.7 Å². The first kappa shape index (κ1) is 21.1. The fourth-order valence-electron chi connectivity index (χ4n) is 3.53. The van der Waals surface area contributed by atoms with E-state index >= 15 is 0 Å². The van der Waals surface area contributed by atoms with Crippen molar-refractivity contribution >= 4 is 23.6 Å². The van der Waals surface area contributed by atoms with Crippen LogP contribution in [0.25, 0.3) is 0 Å². The van der Waals surface area contributed by atoms with E-state index in [0.717, 1.165) is 37.3 Å². The number of benzene rings is 1. The van der Waals surface area contributed by atoms with Gasteiger partial charge in [-0.05, 0) is 45.0 Å². The molecule has 0 unspecified atom stereocenters. The Morgan fingerprint density at radius 1 is 0.897 bits per heavy atom. The Bertz CT molecular complexity index is 700. The maximum atomic E-state index is 12.5. The van der Waals surface area contributed by atoms with Crippen molar-refractivity contribution in [2.24, 2.45) is 0 Å². The van der Waals surface area contributed by atoms with Gasteiger partial charge >= 0.3 is 12.2 Å². The summed E-state index contributed by atoms with van der Waals surface area (Å²) in [6.07, 6.45) is 0.902. The molecule has 0 aromatic heterocycles. The average molecular weight is 405 g/mol. The van der Waals surface area contributed by atoms with Crippen molar-refractivity contribution in [3.8, 4) is 0 Å². The highest BCUT2D eigenvalue weighted by Crippen LogP contribution is 2.23. The van der Waals surface area contributed by atoms with E-state index < -0.39 is 5.60 Å². The largest absolute Gasteiger partial charge is 0.446 e. The Labute approximate surface area is 172 Å². The summed E-state index contributed by atoms with van der Waals surface area (Å²) in [4.78, 5) is 30.2. The monoisotopic (exact) mass is 404 g/mol. The molecule has 8 heteroatoms. The molecule has 3 rings (SSSR count). The molecule has 2 amide bonds. The summed E-state index contributed by atoms with van der Waals surface area (Å²) in [5.74, 6) is 0. The number of piperidine rings is 1. The molecule has 0 saturated carbocycles. The predicted molar refractivity (Wildman–Crippen MR) is 112 cm³/mol. The summed E-state index contributed by atoms with van der Waals surface area (Å²) < 4.78 is 11.1. The summed E-state index contributed by atoms with van der Waals surface area (Å²) in [5.41, 5.74) is 7.12. The summed E-state index contributed by atoms with van der Waals surface area (Å²) >= 11 is 0. The maximum absolute atomic E-state index is 12.5. The minimum absolute atomic E-state index is 0.0728. The van der Waals surface area contributed by atoms with E-state index in [9.17, 15) is 9.59 Å². The van der Waals surface area contributed by atoms with E-state index in [2.05, 4.69) is 4.90 Å². The SMILES string of the molecule is CC(C)(C)OC(=O)N1CCN(C(=O)OC2CCN(c3ccc(N)cc3)CC2)CC1. The predicted octanol–water partition coefficient (Wildman–Crippen LogP) is 2.93. The molecule has 0 spiro atoms. The van der Waals surface area contributed by atoms with Gasteiger partial charge in [-0.3, -0.25) is 0 Å². The quantitative estimate of drug-likeness (QED) is 0.763. The van der Waals surface area contributed by atoms with Crippen LogP contribution in [0.5, 0.6) is 0 Å². The molecule has 2 N–H and O–H groups in total. The number of amides is 2. The lowest BCUT2D eigenvalue weighted by Crippen LogP contribution is -2.52. The van der Waals surface area contributed by atoms with Gasteiger partial charge in [0, 0.05) is 63.5 Å². The number of nitrogen functional groups attached to an aromatic ring is 1. The van der Waals surface area contributed by atoms with Crippen LogP contribution in [0, 0.1) is 0 Å². The Morgan fingerprint density at radius 3 is 1.93 bits per heavy atom. The normalized spacial score (nSPS) is 18.5. The fourth-order valence-corrected chi connectivity index (χ4v) is 3.53. The van der Waals surface area contributed by atoms with E-state index in [0.29, 0.717) is 26.2 Å². The molecule has 2 saturated heterocycles. The number of rotatable bonds is 2. The molecule has 1 aromatic carbocycles. The van der Waals surface area contributed by atoms with Crippen molar-refractivity contribution in [3.05, 3.63) is 24.3 Å². The second-order valence-corrected chi connectivity index (χ2v) is 8.62. The van der Waals surface area contributed by atoms with Crippen LogP contribution < -0.4 is 10.6 Å². The molecule has 0 radical (unpaired) electrons. The topological polar surface area (TPSA) is 88.3 Å². The van der Waals surface area contributed by atoms with Gasteiger partial charge in [-0.15, -0.1) is 0 Å². The molecule has 29 heavy (non-hydrogen) atoms. The summed E-state index contributed by atoms with van der Waals surface area (Å²) in [7, 11) is 0. The van der Waals surface area contributed by atoms with Crippen LogP contribution in [0.3, 0.4) is 0 Å². The summed E-state index contributed by atoms with van der Waals surface area (Å²) in [5, 5.41) is 0. The molecule has 0 atom stereocenters. The van der Waals surface area contributed by atoms with Gasteiger partial charge in [0.2, 0.25) is 0 Å².